The number of aromatic nitrogens is 2. The summed E-state index contributed by atoms with van der Waals surface area (Å²) in [6, 6.07) is 10.1. The lowest BCUT2D eigenvalue weighted by Crippen LogP contribution is -2.48. The number of nitrogens with zero attached hydrogens (tertiary/aromatic N) is 4. The van der Waals surface area contributed by atoms with E-state index in [2.05, 4.69) is 17.9 Å². The molecule has 2 aromatic heterocycles. The molecule has 2 aliphatic heterocycles. The predicted octanol–water partition coefficient (Wildman–Crippen LogP) is 2.89. The number of piperazine rings is 1. The van der Waals surface area contributed by atoms with Crippen molar-refractivity contribution < 1.29 is 14.3 Å². The molecule has 156 valence electrons. The van der Waals surface area contributed by atoms with Crippen LogP contribution < -0.4 is 9.47 Å². The molecule has 0 radical (unpaired) electrons. The second-order valence-corrected chi connectivity index (χ2v) is 7.95. The number of aryl methyl sites for hydroxylation is 2. The van der Waals surface area contributed by atoms with E-state index in [4.69, 9.17) is 14.5 Å². The quantitative estimate of drug-likeness (QED) is 0.667. The summed E-state index contributed by atoms with van der Waals surface area (Å²) in [5, 5.41) is 0. The lowest BCUT2D eigenvalue weighted by Gasteiger charge is -2.34. The van der Waals surface area contributed by atoms with Crippen molar-refractivity contribution in [3.05, 3.63) is 59.0 Å². The van der Waals surface area contributed by atoms with Crippen LogP contribution in [0.2, 0.25) is 0 Å². The van der Waals surface area contributed by atoms with Crippen LogP contribution in [0.1, 0.15) is 34.2 Å². The van der Waals surface area contributed by atoms with Gasteiger partial charge in [-0.1, -0.05) is 13.0 Å². The van der Waals surface area contributed by atoms with Crippen LogP contribution in [0.5, 0.6) is 11.5 Å². The zero-order valence-electron chi connectivity index (χ0n) is 17.4. The maximum atomic E-state index is 13.3. The fourth-order valence-electron chi connectivity index (χ4n) is 4.22. The average Bonchev–Trinajstić information content (AvgIpc) is 3.37. The van der Waals surface area contributed by atoms with Crippen LogP contribution in [0.25, 0.3) is 5.65 Å². The van der Waals surface area contributed by atoms with Crippen LogP contribution in [0.3, 0.4) is 0 Å². The van der Waals surface area contributed by atoms with Gasteiger partial charge >= 0.3 is 0 Å². The van der Waals surface area contributed by atoms with Crippen LogP contribution >= 0.6 is 0 Å². The average molecular weight is 406 g/mol. The topological polar surface area (TPSA) is 59.3 Å². The van der Waals surface area contributed by atoms with Gasteiger partial charge in [-0.2, -0.15) is 0 Å². The van der Waals surface area contributed by atoms with E-state index >= 15 is 0 Å². The summed E-state index contributed by atoms with van der Waals surface area (Å²) in [7, 11) is 0. The van der Waals surface area contributed by atoms with Crippen molar-refractivity contribution in [1.82, 2.24) is 19.2 Å². The van der Waals surface area contributed by atoms with Gasteiger partial charge in [0.15, 0.2) is 11.5 Å². The van der Waals surface area contributed by atoms with Gasteiger partial charge in [-0.3, -0.25) is 14.1 Å². The van der Waals surface area contributed by atoms with Crippen molar-refractivity contribution >= 4 is 11.6 Å². The minimum absolute atomic E-state index is 0.0749. The third kappa shape index (κ3) is 3.39. The summed E-state index contributed by atoms with van der Waals surface area (Å²) in [5.74, 6) is 1.70. The molecule has 1 saturated heterocycles. The van der Waals surface area contributed by atoms with E-state index in [1.807, 2.05) is 46.7 Å². The molecule has 2 aliphatic rings. The summed E-state index contributed by atoms with van der Waals surface area (Å²) in [5.41, 5.74) is 4.76. The molecule has 0 bridgehead atoms. The van der Waals surface area contributed by atoms with Crippen LogP contribution in [0.4, 0.5) is 0 Å². The van der Waals surface area contributed by atoms with Gasteiger partial charge in [0.2, 0.25) is 6.79 Å². The number of fused-ring (bicyclic) bond motifs is 2. The summed E-state index contributed by atoms with van der Waals surface area (Å²) < 4.78 is 12.8. The second-order valence-electron chi connectivity index (χ2n) is 7.95. The smallest absolute Gasteiger partial charge is 0.272 e. The van der Waals surface area contributed by atoms with E-state index in [0.29, 0.717) is 25.6 Å². The number of rotatable bonds is 4. The van der Waals surface area contributed by atoms with E-state index < -0.39 is 0 Å². The Bertz CT molecular complexity index is 1100. The lowest BCUT2D eigenvalue weighted by molar-refractivity contribution is 0.0620. The summed E-state index contributed by atoms with van der Waals surface area (Å²) in [6.45, 7) is 8.35. The molecule has 0 atom stereocenters. The predicted molar refractivity (Wildman–Crippen MR) is 113 cm³/mol. The number of hydrogen-bond donors (Lipinski definition) is 0. The van der Waals surface area contributed by atoms with Gasteiger partial charge in [0.1, 0.15) is 11.3 Å². The zero-order chi connectivity index (χ0) is 20.7. The van der Waals surface area contributed by atoms with Crippen LogP contribution in [-0.4, -0.2) is 58.1 Å². The Hall–Kier alpha value is -3.06. The van der Waals surface area contributed by atoms with Gasteiger partial charge < -0.3 is 14.4 Å². The first-order valence-corrected chi connectivity index (χ1v) is 10.5. The lowest BCUT2D eigenvalue weighted by atomic mass is 10.1. The number of benzene rings is 1. The Labute approximate surface area is 175 Å². The van der Waals surface area contributed by atoms with Crippen molar-refractivity contribution in [3.8, 4) is 11.5 Å². The van der Waals surface area contributed by atoms with Crippen molar-refractivity contribution in [1.29, 1.82) is 0 Å². The number of pyridine rings is 1. The minimum Gasteiger partial charge on any atom is -0.454 e. The maximum Gasteiger partial charge on any atom is 0.272 e. The monoisotopic (exact) mass is 406 g/mol. The van der Waals surface area contributed by atoms with Gasteiger partial charge in [0, 0.05) is 38.9 Å². The molecule has 3 aromatic rings. The van der Waals surface area contributed by atoms with Crippen LogP contribution in [-0.2, 0) is 13.0 Å². The van der Waals surface area contributed by atoms with Crippen molar-refractivity contribution in [2.24, 2.45) is 0 Å². The minimum atomic E-state index is 0.0749. The maximum absolute atomic E-state index is 13.3. The molecule has 7 nitrogen and oxygen atoms in total. The molecule has 5 rings (SSSR count). The van der Waals surface area contributed by atoms with Crippen LogP contribution in [0, 0.1) is 6.92 Å². The molecule has 0 spiro atoms. The Morgan fingerprint density at radius 1 is 1.07 bits per heavy atom. The van der Waals surface area contributed by atoms with E-state index in [0.717, 1.165) is 54.5 Å². The number of ether oxygens (including phenoxy) is 2. The molecule has 0 saturated carbocycles. The summed E-state index contributed by atoms with van der Waals surface area (Å²) in [4.78, 5) is 22.4. The molecular weight excluding hydrogens is 380 g/mol. The first kappa shape index (κ1) is 18.9. The van der Waals surface area contributed by atoms with E-state index in [9.17, 15) is 4.79 Å². The fourth-order valence-corrected chi connectivity index (χ4v) is 4.22. The number of amides is 1. The Kier molecular flexibility index (Phi) is 4.83. The molecule has 7 heteroatoms. The molecule has 30 heavy (non-hydrogen) atoms. The van der Waals surface area contributed by atoms with Crippen LogP contribution in [0.15, 0.2) is 36.5 Å². The molecule has 4 heterocycles. The SMILES string of the molecule is CCc1nc2cc(C)ccn2c1C(=O)N1CCN(Cc2ccc3c(c2)OCO3)CC1. The summed E-state index contributed by atoms with van der Waals surface area (Å²) >= 11 is 0. The number of carbonyl (C=O) groups excluding carboxylic acids is 1. The Morgan fingerprint density at radius 2 is 1.87 bits per heavy atom. The number of imidazole rings is 1. The number of carbonyl (C=O) groups is 1. The molecule has 0 aliphatic carbocycles. The van der Waals surface area contributed by atoms with Gasteiger partial charge in [-0.25, -0.2) is 4.98 Å². The highest BCUT2D eigenvalue weighted by Gasteiger charge is 2.27. The number of hydrogen-bond acceptors (Lipinski definition) is 5. The molecule has 0 unspecified atom stereocenters. The third-order valence-electron chi connectivity index (χ3n) is 5.89. The van der Waals surface area contributed by atoms with E-state index in [1.54, 1.807) is 0 Å². The second kappa shape index (κ2) is 7.65. The summed E-state index contributed by atoms with van der Waals surface area (Å²) in [6.07, 6.45) is 2.70. The van der Waals surface area contributed by atoms with Crippen molar-refractivity contribution in [2.75, 3.05) is 33.0 Å². The van der Waals surface area contributed by atoms with Gasteiger partial charge in [0.25, 0.3) is 5.91 Å². The largest absolute Gasteiger partial charge is 0.454 e. The first-order chi connectivity index (χ1) is 14.6. The standard InChI is InChI=1S/C23H26N4O3/c1-3-18-22(27-7-6-16(2)12-21(27)24-18)23(28)26-10-8-25(9-11-26)14-17-4-5-19-20(13-17)30-15-29-19/h4-7,12-13H,3,8-11,14-15H2,1-2H3. The first-order valence-electron chi connectivity index (χ1n) is 10.5. The van der Waals surface area contributed by atoms with E-state index in [1.165, 1.54) is 5.56 Å². The highest BCUT2D eigenvalue weighted by Crippen LogP contribution is 2.33. The van der Waals surface area contributed by atoms with E-state index in [-0.39, 0.29) is 5.91 Å². The van der Waals surface area contributed by atoms with Gasteiger partial charge in [-0.15, -0.1) is 0 Å². The fraction of sp³-hybridized carbons (Fsp3) is 0.391. The molecule has 0 N–H and O–H groups in total. The highest BCUT2D eigenvalue weighted by atomic mass is 16.7. The Morgan fingerprint density at radius 3 is 2.67 bits per heavy atom. The highest BCUT2D eigenvalue weighted by molar-refractivity contribution is 5.95. The van der Waals surface area contributed by atoms with Gasteiger partial charge in [0.05, 0.1) is 5.69 Å². The molecule has 1 amide bonds. The van der Waals surface area contributed by atoms with Crippen molar-refractivity contribution in [3.63, 3.8) is 0 Å². The van der Waals surface area contributed by atoms with Gasteiger partial charge in [-0.05, 0) is 48.7 Å². The molecule has 1 fully saturated rings. The van der Waals surface area contributed by atoms with Crippen molar-refractivity contribution in [2.45, 2.75) is 26.8 Å². The Balaban J connectivity index is 1.28. The normalized spacial score (nSPS) is 16.4. The third-order valence-corrected chi connectivity index (χ3v) is 5.89. The zero-order valence-corrected chi connectivity index (χ0v) is 17.4. The molecular formula is C23H26N4O3. The molecule has 1 aromatic carbocycles.